The molecule has 1 fully saturated rings. The summed E-state index contributed by atoms with van der Waals surface area (Å²) in [6.07, 6.45) is 0. The number of benzene rings is 1. The van der Waals surface area contributed by atoms with Gasteiger partial charge in [-0.2, -0.15) is 0 Å². The molecule has 0 saturated carbocycles. The maximum atomic E-state index is 13.6. The molecule has 0 amide bonds. The van der Waals surface area contributed by atoms with Gasteiger partial charge in [0.1, 0.15) is 11.6 Å². The fourth-order valence-electron chi connectivity index (χ4n) is 2.45. The predicted molar refractivity (Wildman–Crippen MR) is 72.0 cm³/mol. The van der Waals surface area contributed by atoms with Crippen LogP contribution in [0.2, 0.25) is 0 Å². The highest BCUT2D eigenvalue weighted by Crippen LogP contribution is 2.12. The Morgan fingerprint density at radius 1 is 1.42 bits per heavy atom. The van der Waals surface area contributed by atoms with Gasteiger partial charge in [-0.1, -0.05) is 0 Å². The van der Waals surface area contributed by atoms with Crippen LogP contribution in [0.4, 0.5) is 8.78 Å². The van der Waals surface area contributed by atoms with Crippen molar-refractivity contribution in [3.8, 4) is 0 Å². The molecule has 1 heterocycles. The van der Waals surface area contributed by atoms with E-state index in [9.17, 15) is 8.78 Å². The SMILES string of the molecule is CN(Cc1cc(F)ccc1F)CC1CNCCN1C. The molecule has 106 valence electrons. The lowest BCUT2D eigenvalue weighted by atomic mass is 10.1. The summed E-state index contributed by atoms with van der Waals surface area (Å²) in [5, 5.41) is 3.35. The third kappa shape index (κ3) is 3.96. The van der Waals surface area contributed by atoms with Crippen LogP contribution >= 0.6 is 0 Å². The Morgan fingerprint density at radius 3 is 2.95 bits per heavy atom. The number of hydrogen-bond acceptors (Lipinski definition) is 3. The highest BCUT2D eigenvalue weighted by molar-refractivity contribution is 5.18. The summed E-state index contributed by atoms with van der Waals surface area (Å²) in [4.78, 5) is 4.33. The number of nitrogens with one attached hydrogen (secondary N) is 1. The van der Waals surface area contributed by atoms with Crippen molar-refractivity contribution >= 4 is 0 Å². The van der Waals surface area contributed by atoms with Crippen molar-refractivity contribution in [3.63, 3.8) is 0 Å². The van der Waals surface area contributed by atoms with Crippen molar-refractivity contribution in [2.45, 2.75) is 12.6 Å². The van der Waals surface area contributed by atoms with Crippen LogP contribution in [-0.2, 0) is 6.54 Å². The number of nitrogens with zero attached hydrogens (tertiary/aromatic N) is 2. The quantitative estimate of drug-likeness (QED) is 0.889. The molecule has 1 aliphatic heterocycles. The Labute approximate surface area is 113 Å². The molecule has 0 bridgehead atoms. The van der Waals surface area contributed by atoms with E-state index in [0.29, 0.717) is 18.2 Å². The van der Waals surface area contributed by atoms with Gasteiger partial charge < -0.3 is 10.2 Å². The second-order valence-corrected chi connectivity index (χ2v) is 5.27. The van der Waals surface area contributed by atoms with Crippen molar-refractivity contribution in [2.24, 2.45) is 0 Å². The van der Waals surface area contributed by atoms with E-state index in [1.54, 1.807) is 0 Å². The fraction of sp³-hybridized carbons (Fsp3) is 0.571. The third-order valence-electron chi connectivity index (χ3n) is 3.62. The molecular formula is C14H21F2N3. The molecule has 19 heavy (non-hydrogen) atoms. The molecule has 5 heteroatoms. The topological polar surface area (TPSA) is 18.5 Å². The summed E-state index contributed by atoms with van der Waals surface area (Å²) < 4.78 is 26.7. The van der Waals surface area contributed by atoms with Gasteiger partial charge in [-0.15, -0.1) is 0 Å². The van der Waals surface area contributed by atoms with Gasteiger partial charge in [0.2, 0.25) is 0 Å². The molecule has 0 aromatic heterocycles. The van der Waals surface area contributed by atoms with Gasteiger partial charge in [0, 0.05) is 44.3 Å². The molecule has 1 aliphatic rings. The first-order valence-electron chi connectivity index (χ1n) is 6.59. The van der Waals surface area contributed by atoms with Gasteiger partial charge in [0.05, 0.1) is 0 Å². The average molecular weight is 269 g/mol. The highest BCUT2D eigenvalue weighted by Gasteiger charge is 2.20. The van der Waals surface area contributed by atoms with Crippen LogP contribution in [-0.4, -0.2) is 56.1 Å². The van der Waals surface area contributed by atoms with Crippen LogP contribution in [0.1, 0.15) is 5.56 Å². The van der Waals surface area contributed by atoms with E-state index >= 15 is 0 Å². The van der Waals surface area contributed by atoms with Crippen LogP contribution in [0, 0.1) is 11.6 Å². The molecule has 1 unspecified atom stereocenters. The first-order chi connectivity index (χ1) is 9.06. The fourth-order valence-corrected chi connectivity index (χ4v) is 2.45. The summed E-state index contributed by atoms with van der Waals surface area (Å²) in [7, 11) is 4.04. The second kappa shape index (κ2) is 6.41. The Morgan fingerprint density at radius 2 is 2.21 bits per heavy atom. The maximum Gasteiger partial charge on any atom is 0.127 e. The second-order valence-electron chi connectivity index (χ2n) is 5.27. The number of halogens is 2. The van der Waals surface area contributed by atoms with Crippen LogP contribution in [0.15, 0.2) is 18.2 Å². The first-order valence-corrected chi connectivity index (χ1v) is 6.59. The van der Waals surface area contributed by atoms with E-state index < -0.39 is 0 Å². The summed E-state index contributed by atoms with van der Waals surface area (Å²) in [6, 6.07) is 4.02. The number of hydrogen-bond donors (Lipinski definition) is 1. The van der Waals surface area contributed by atoms with Crippen molar-refractivity contribution in [1.82, 2.24) is 15.1 Å². The van der Waals surface area contributed by atoms with Crippen LogP contribution in [0.3, 0.4) is 0 Å². The Bertz CT molecular complexity index is 425. The molecule has 2 rings (SSSR count). The lowest BCUT2D eigenvalue weighted by molar-refractivity contribution is 0.149. The van der Waals surface area contributed by atoms with E-state index in [1.165, 1.54) is 12.1 Å². The molecule has 0 radical (unpaired) electrons. The number of rotatable bonds is 4. The van der Waals surface area contributed by atoms with Gasteiger partial charge >= 0.3 is 0 Å². The largest absolute Gasteiger partial charge is 0.314 e. The van der Waals surface area contributed by atoms with E-state index in [4.69, 9.17) is 0 Å². The van der Waals surface area contributed by atoms with Gasteiger partial charge in [-0.05, 0) is 32.3 Å². The predicted octanol–water partition coefficient (Wildman–Crippen LogP) is 1.30. The Kier molecular flexibility index (Phi) is 4.85. The lowest BCUT2D eigenvalue weighted by Gasteiger charge is -2.35. The molecule has 1 aromatic rings. The van der Waals surface area contributed by atoms with E-state index in [-0.39, 0.29) is 11.6 Å². The van der Waals surface area contributed by atoms with Crippen LogP contribution in [0.25, 0.3) is 0 Å². The smallest absolute Gasteiger partial charge is 0.127 e. The number of likely N-dealkylation sites (N-methyl/N-ethyl adjacent to an activating group) is 2. The van der Waals surface area contributed by atoms with Gasteiger partial charge in [-0.25, -0.2) is 8.78 Å². The Balaban J connectivity index is 1.93. The average Bonchev–Trinajstić information content (AvgIpc) is 2.37. The first kappa shape index (κ1) is 14.4. The zero-order valence-corrected chi connectivity index (χ0v) is 11.5. The Hall–Kier alpha value is -1.04. The van der Waals surface area contributed by atoms with E-state index in [2.05, 4.69) is 17.3 Å². The van der Waals surface area contributed by atoms with Gasteiger partial charge in [-0.3, -0.25) is 4.90 Å². The molecule has 1 aromatic carbocycles. The van der Waals surface area contributed by atoms with Crippen LogP contribution < -0.4 is 5.32 Å². The molecule has 1 saturated heterocycles. The molecule has 3 nitrogen and oxygen atoms in total. The molecule has 1 N–H and O–H groups in total. The lowest BCUT2D eigenvalue weighted by Crippen LogP contribution is -2.53. The minimum Gasteiger partial charge on any atom is -0.314 e. The summed E-state index contributed by atoms with van der Waals surface area (Å²) in [5.74, 6) is -0.732. The monoisotopic (exact) mass is 269 g/mol. The maximum absolute atomic E-state index is 13.6. The molecule has 0 spiro atoms. The standard InChI is InChI=1S/C14H21F2N3/c1-18(10-13-8-17-5-6-19(13)2)9-11-7-12(15)3-4-14(11)16/h3-4,7,13,17H,5-6,8-10H2,1-2H3. The summed E-state index contributed by atoms with van der Waals surface area (Å²) in [5.41, 5.74) is 0.411. The van der Waals surface area contributed by atoms with E-state index in [1.807, 2.05) is 11.9 Å². The van der Waals surface area contributed by atoms with Crippen molar-refractivity contribution in [2.75, 3.05) is 40.3 Å². The van der Waals surface area contributed by atoms with Crippen LogP contribution in [0.5, 0.6) is 0 Å². The molecule has 0 aliphatic carbocycles. The normalized spacial score (nSPS) is 21.0. The summed E-state index contributed by atoms with van der Waals surface area (Å²) in [6.45, 7) is 4.22. The minimum absolute atomic E-state index is 0.344. The third-order valence-corrected chi connectivity index (χ3v) is 3.62. The highest BCUT2D eigenvalue weighted by atomic mass is 19.1. The van der Waals surface area contributed by atoms with Crippen molar-refractivity contribution in [1.29, 1.82) is 0 Å². The van der Waals surface area contributed by atoms with Crippen molar-refractivity contribution < 1.29 is 8.78 Å². The van der Waals surface area contributed by atoms with E-state index in [0.717, 1.165) is 32.2 Å². The summed E-state index contributed by atoms with van der Waals surface area (Å²) >= 11 is 0. The zero-order valence-electron chi connectivity index (χ0n) is 11.5. The molecular weight excluding hydrogens is 248 g/mol. The van der Waals surface area contributed by atoms with Gasteiger partial charge in [0.15, 0.2) is 0 Å². The minimum atomic E-state index is -0.388. The zero-order chi connectivity index (χ0) is 13.8. The number of piperazine rings is 1. The molecule has 1 atom stereocenters. The van der Waals surface area contributed by atoms with Gasteiger partial charge in [0.25, 0.3) is 0 Å². The van der Waals surface area contributed by atoms with Crippen molar-refractivity contribution in [3.05, 3.63) is 35.4 Å².